The van der Waals surface area contributed by atoms with E-state index in [9.17, 15) is 14.7 Å². The molecule has 2 heterocycles. The molecule has 0 aromatic heterocycles. The summed E-state index contributed by atoms with van der Waals surface area (Å²) in [5.74, 6) is 0.584. The number of hydrogen-bond donors (Lipinski definition) is 2. The second kappa shape index (κ2) is 8.90. The number of allylic oxidation sites excluding steroid dienone is 2. The smallest absolute Gasteiger partial charge is 0.322 e. The molecular formula is C26H29N3O4. The molecule has 1 aliphatic carbocycles. The third kappa shape index (κ3) is 3.97. The normalized spacial score (nSPS) is 24.1. The SMILES string of the molecule is COc1ccc(NC(=O)N2CC(=O)N3[C@H](CO)[C@H](c4ccc(C5=CCCC5)cc4)[C@@H]3C2)cc1. The second-order valence-electron chi connectivity index (χ2n) is 8.93. The van der Waals surface area contributed by atoms with Crippen molar-refractivity contribution in [3.8, 4) is 5.75 Å². The summed E-state index contributed by atoms with van der Waals surface area (Å²) < 4.78 is 5.15. The predicted molar refractivity (Wildman–Crippen MR) is 126 cm³/mol. The molecule has 172 valence electrons. The molecule has 2 aromatic rings. The standard InChI is InChI=1S/C26H29N3O4/c1-33-21-12-10-20(11-13-21)27-26(32)28-14-22-25(23(16-30)29(22)24(31)15-28)19-8-6-18(7-9-19)17-4-2-3-5-17/h4,6-13,22-23,25,30H,2-3,5,14-16H2,1H3,(H,27,32)/t22-,23+,25+/m0/s1. The molecule has 3 atom stereocenters. The van der Waals surface area contributed by atoms with Crippen molar-refractivity contribution in [3.05, 3.63) is 65.7 Å². The van der Waals surface area contributed by atoms with Gasteiger partial charge in [-0.05, 0) is 60.2 Å². The Hall–Kier alpha value is -3.32. The van der Waals surface area contributed by atoms with Crippen molar-refractivity contribution in [1.29, 1.82) is 0 Å². The quantitative estimate of drug-likeness (QED) is 0.736. The van der Waals surface area contributed by atoms with Crippen LogP contribution in [0.5, 0.6) is 5.75 Å². The summed E-state index contributed by atoms with van der Waals surface area (Å²) in [6.45, 7) is 0.356. The average Bonchev–Trinajstić information content (AvgIpc) is 3.36. The molecule has 0 bridgehead atoms. The van der Waals surface area contributed by atoms with E-state index in [0.717, 1.165) is 18.4 Å². The van der Waals surface area contributed by atoms with Gasteiger partial charge < -0.3 is 25.0 Å². The average molecular weight is 448 g/mol. The zero-order chi connectivity index (χ0) is 22.9. The Morgan fingerprint density at radius 1 is 1.15 bits per heavy atom. The molecular weight excluding hydrogens is 418 g/mol. The first-order chi connectivity index (χ1) is 16.1. The van der Waals surface area contributed by atoms with Crippen LogP contribution in [0.3, 0.4) is 0 Å². The first kappa shape index (κ1) is 21.5. The van der Waals surface area contributed by atoms with Crippen LogP contribution in [0.4, 0.5) is 10.5 Å². The number of fused-ring (bicyclic) bond motifs is 1. The van der Waals surface area contributed by atoms with E-state index in [2.05, 4.69) is 35.7 Å². The van der Waals surface area contributed by atoms with Crippen LogP contribution in [-0.4, -0.2) is 65.7 Å². The molecule has 5 rings (SSSR count). The third-order valence-electron chi connectivity index (χ3n) is 7.09. The molecule has 33 heavy (non-hydrogen) atoms. The summed E-state index contributed by atoms with van der Waals surface area (Å²) in [5.41, 5.74) is 4.38. The Kier molecular flexibility index (Phi) is 5.81. The fourth-order valence-electron chi connectivity index (χ4n) is 5.38. The molecule has 3 amide bonds. The molecule has 0 unspecified atom stereocenters. The lowest BCUT2D eigenvalue weighted by Crippen LogP contribution is -2.73. The van der Waals surface area contributed by atoms with Crippen LogP contribution in [0.25, 0.3) is 5.57 Å². The summed E-state index contributed by atoms with van der Waals surface area (Å²) in [4.78, 5) is 29.1. The number of piperazine rings is 1. The molecule has 2 aliphatic heterocycles. The first-order valence-electron chi connectivity index (χ1n) is 11.5. The molecule has 2 N–H and O–H groups in total. The zero-order valence-electron chi connectivity index (χ0n) is 18.7. The van der Waals surface area contributed by atoms with Crippen molar-refractivity contribution >= 4 is 23.2 Å². The van der Waals surface area contributed by atoms with E-state index in [4.69, 9.17) is 4.74 Å². The van der Waals surface area contributed by atoms with E-state index in [1.54, 1.807) is 41.2 Å². The maximum absolute atomic E-state index is 12.9. The number of carbonyl (C=O) groups excluding carboxylic acids is 2. The number of aliphatic hydroxyl groups excluding tert-OH is 1. The van der Waals surface area contributed by atoms with Crippen molar-refractivity contribution in [2.45, 2.75) is 37.3 Å². The summed E-state index contributed by atoms with van der Waals surface area (Å²) >= 11 is 0. The number of nitrogens with zero attached hydrogens (tertiary/aromatic N) is 2. The Morgan fingerprint density at radius 3 is 2.55 bits per heavy atom. The Labute approximate surface area is 193 Å². The van der Waals surface area contributed by atoms with Gasteiger partial charge >= 0.3 is 6.03 Å². The number of aliphatic hydroxyl groups is 1. The largest absolute Gasteiger partial charge is 0.497 e. The predicted octanol–water partition coefficient (Wildman–Crippen LogP) is 3.47. The van der Waals surface area contributed by atoms with Gasteiger partial charge in [0.1, 0.15) is 12.3 Å². The maximum atomic E-state index is 12.9. The Morgan fingerprint density at radius 2 is 1.91 bits per heavy atom. The van der Waals surface area contributed by atoms with Crippen LogP contribution in [-0.2, 0) is 4.79 Å². The third-order valence-corrected chi connectivity index (χ3v) is 7.09. The highest BCUT2D eigenvalue weighted by Gasteiger charge is 2.54. The van der Waals surface area contributed by atoms with Crippen molar-refractivity contribution in [2.75, 3.05) is 32.1 Å². The van der Waals surface area contributed by atoms with E-state index < -0.39 is 0 Å². The lowest BCUT2D eigenvalue weighted by Gasteiger charge is -2.58. The fourth-order valence-corrected chi connectivity index (χ4v) is 5.38. The second-order valence-corrected chi connectivity index (χ2v) is 8.93. The highest BCUT2D eigenvalue weighted by atomic mass is 16.5. The van der Waals surface area contributed by atoms with Gasteiger partial charge in [-0.25, -0.2) is 4.79 Å². The van der Waals surface area contributed by atoms with Crippen molar-refractivity contribution in [2.24, 2.45) is 0 Å². The number of carbonyl (C=O) groups is 2. The van der Waals surface area contributed by atoms with Gasteiger partial charge in [-0.3, -0.25) is 4.79 Å². The zero-order valence-corrected chi connectivity index (χ0v) is 18.7. The van der Waals surface area contributed by atoms with E-state index >= 15 is 0 Å². The van der Waals surface area contributed by atoms with Crippen LogP contribution in [0.15, 0.2) is 54.6 Å². The van der Waals surface area contributed by atoms with Crippen molar-refractivity contribution < 1.29 is 19.4 Å². The highest BCUT2D eigenvalue weighted by molar-refractivity contribution is 5.93. The number of ether oxygens (including phenoxy) is 1. The number of methoxy groups -OCH3 is 1. The first-order valence-corrected chi connectivity index (χ1v) is 11.5. The number of benzene rings is 2. The lowest BCUT2D eigenvalue weighted by atomic mass is 9.73. The van der Waals surface area contributed by atoms with Gasteiger partial charge in [0, 0.05) is 18.2 Å². The topological polar surface area (TPSA) is 82.1 Å². The van der Waals surface area contributed by atoms with Gasteiger partial charge in [-0.2, -0.15) is 0 Å². The van der Waals surface area contributed by atoms with E-state index in [0.29, 0.717) is 18.0 Å². The van der Waals surface area contributed by atoms with E-state index in [1.165, 1.54) is 17.6 Å². The van der Waals surface area contributed by atoms with Crippen LogP contribution in [0, 0.1) is 0 Å². The minimum atomic E-state index is -0.303. The van der Waals surface area contributed by atoms with E-state index in [1.807, 2.05) is 0 Å². The monoisotopic (exact) mass is 447 g/mol. The number of rotatable bonds is 5. The summed E-state index contributed by atoms with van der Waals surface area (Å²) in [5, 5.41) is 12.9. The van der Waals surface area contributed by atoms with E-state index in [-0.39, 0.29) is 43.1 Å². The number of hydrogen-bond acceptors (Lipinski definition) is 4. The minimum Gasteiger partial charge on any atom is -0.497 e. The number of amides is 3. The van der Waals surface area contributed by atoms with Gasteiger partial charge in [-0.1, -0.05) is 30.3 Å². The fraction of sp³-hybridized carbons (Fsp3) is 0.385. The highest BCUT2D eigenvalue weighted by Crippen LogP contribution is 2.43. The number of urea groups is 1. The lowest BCUT2D eigenvalue weighted by molar-refractivity contribution is -0.159. The molecule has 7 nitrogen and oxygen atoms in total. The van der Waals surface area contributed by atoms with Crippen LogP contribution >= 0.6 is 0 Å². The summed E-state index contributed by atoms with van der Waals surface area (Å²) in [7, 11) is 1.59. The van der Waals surface area contributed by atoms with Crippen molar-refractivity contribution in [1.82, 2.24) is 9.80 Å². The van der Waals surface area contributed by atoms with Gasteiger partial charge in [0.05, 0.1) is 25.8 Å². The molecule has 2 saturated heterocycles. The van der Waals surface area contributed by atoms with Gasteiger partial charge in [0.25, 0.3) is 0 Å². The molecule has 7 heteroatoms. The summed E-state index contributed by atoms with van der Waals surface area (Å²) in [6.07, 6.45) is 5.76. The number of nitrogens with one attached hydrogen (secondary N) is 1. The van der Waals surface area contributed by atoms with Crippen molar-refractivity contribution in [3.63, 3.8) is 0 Å². The minimum absolute atomic E-state index is 0.00199. The molecule has 0 spiro atoms. The van der Waals surface area contributed by atoms with Gasteiger partial charge in [0.2, 0.25) is 5.91 Å². The van der Waals surface area contributed by atoms with Crippen LogP contribution in [0.2, 0.25) is 0 Å². The summed E-state index contributed by atoms with van der Waals surface area (Å²) in [6, 6.07) is 14.9. The van der Waals surface area contributed by atoms with Crippen LogP contribution < -0.4 is 10.1 Å². The molecule has 0 radical (unpaired) electrons. The van der Waals surface area contributed by atoms with Gasteiger partial charge in [0.15, 0.2) is 0 Å². The molecule has 2 fully saturated rings. The molecule has 0 saturated carbocycles. The van der Waals surface area contributed by atoms with Crippen LogP contribution in [0.1, 0.15) is 36.3 Å². The Balaban J connectivity index is 1.31. The molecule has 3 aliphatic rings. The number of anilines is 1. The molecule has 2 aromatic carbocycles. The van der Waals surface area contributed by atoms with Gasteiger partial charge in [-0.15, -0.1) is 0 Å². The Bertz CT molecular complexity index is 1060. The maximum Gasteiger partial charge on any atom is 0.322 e.